The number of nitrogens with one attached hydrogen (secondary N) is 1. The van der Waals surface area contributed by atoms with Crippen LogP contribution >= 0.6 is 0 Å². The molecule has 3 nitrogen and oxygen atoms in total. The van der Waals surface area contributed by atoms with Crippen LogP contribution in [0.5, 0.6) is 5.88 Å². The monoisotopic (exact) mass is 284 g/mol. The SMILES string of the molecule is CCC(Nc1cccnc1OC(C)C)c1ccc(C)cc1. The molecule has 0 radical (unpaired) electrons. The van der Waals surface area contributed by atoms with Crippen LogP contribution in [0.15, 0.2) is 42.6 Å². The van der Waals surface area contributed by atoms with Crippen molar-refractivity contribution in [2.75, 3.05) is 5.32 Å². The lowest BCUT2D eigenvalue weighted by Crippen LogP contribution is -2.13. The molecule has 2 aromatic rings. The van der Waals surface area contributed by atoms with Crippen LogP contribution in [0.2, 0.25) is 0 Å². The molecule has 0 aliphatic rings. The fourth-order valence-corrected chi connectivity index (χ4v) is 2.23. The number of anilines is 1. The summed E-state index contributed by atoms with van der Waals surface area (Å²) in [7, 11) is 0. The molecule has 0 fully saturated rings. The quantitative estimate of drug-likeness (QED) is 0.832. The number of aryl methyl sites for hydroxylation is 1. The van der Waals surface area contributed by atoms with Gasteiger partial charge in [0.25, 0.3) is 0 Å². The van der Waals surface area contributed by atoms with Gasteiger partial charge in [-0.15, -0.1) is 0 Å². The first kappa shape index (κ1) is 15.4. The highest BCUT2D eigenvalue weighted by molar-refractivity contribution is 5.53. The molecule has 0 saturated heterocycles. The Kier molecular flexibility index (Phi) is 5.20. The smallest absolute Gasteiger partial charge is 0.237 e. The second kappa shape index (κ2) is 7.11. The molecule has 0 aliphatic heterocycles. The lowest BCUT2D eigenvalue weighted by Gasteiger charge is -2.21. The average Bonchev–Trinajstić information content (AvgIpc) is 2.47. The van der Waals surface area contributed by atoms with Crippen LogP contribution in [-0.2, 0) is 0 Å². The Hall–Kier alpha value is -2.03. The van der Waals surface area contributed by atoms with Gasteiger partial charge in [0, 0.05) is 6.20 Å². The standard InChI is InChI=1S/C18H24N2O/c1-5-16(15-10-8-14(4)9-11-15)20-17-7-6-12-19-18(17)21-13(2)3/h6-13,16,20H,5H2,1-4H3. The molecule has 0 amide bonds. The molecule has 0 spiro atoms. The van der Waals surface area contributed by atoms with E-state index in [0.717, 1.165) is 12.1 Å². The van der Waals surface area contributed by atoms with Gasteiger partial charge in [-0.25, -0.2) is 4.98 Å². The average molecular weight is 284 g/mol. The molecule has 3 heteroatoms. The van der Waals surface area contributed by atoms with E-state index >= 15 is 0 Å². The van der Waals surface area contributed by atoms with Gasteiger partial charge in [0.15, 0.2) is 0 Å². The van der Waals surface area contributed by atoms with Crippen LogP contribution in [-0.4, -0.2) is 11.1 Å². The minimum absolute atomic E-state index is 0.111. The lowest BCUT2D eigenvalue weighted by atomic mass is 10.0. The van der Waals surface area contributed by atoms with Crippen LogP contribution in [0.25, 0.3) is 0 Å². The van der Waals surface area contributed by atoms with E-state index in [9.17, 15) is 0 Å². The third kappa shape index (κ3) is 4.22. The second-order valence-electron chi connectivity index (χ2n) is 5.54. The van der Waals surface area contributed by atoms with E-state index in [4.69, 9.17) is 4.74 Å². The molecule has 1 N–H and O–H groups in total. The molecule has 0 saturated carbocycles. The van der Waals surface area contributed by atoms with Gasteiger partial charge in [0.05, 0.1) is 17.8 Å². The Morgan fingerprint density at radius 1 is 1.14 bits per heavy atom. The van der Waals surface area contributed by atoms with Gasteiger partial charge in [-0.1, -0.05) is 36.8 Å². The summed E-state index contributed by atoms with van der Waals surface area (Å²) in [5, 5.41) is 3.55. The van der Waals surface area contributed by atoms with Crippen molar-refractivity contribution in [2.24, 2.45) is 0 Å². The molecular formula is C18H24N2O. The van der Waals surface area contributed by atoms with Gasteiger partial charge >= 0.3 is 0 Å². The molecule has 1 atom stereocenters. The van der Waals surface area contributed by atoms with Gasteiger partial charge in [0.1, 0.15) is 0 Å². The van der Waals surface area contributed by atoms with Crippen molar-refractivity contribution in [3.05, 3.63) is 53.7 Å². The first-order valence-corrected chi connectivity index (χ1v) is 7.55. The Labute approximate surface area is 127 Å². The van der Waals surface area contributed by atoms with Gasteiger partial charge in [-0.3, -0.25) is 0 Å². The van der Waals surface area contributed by atoms with Crippen molar-refractivity contribution in [2.45, 2.75) is 46.3 Å². The van der Waals surface area contributed by atoms with Crippen LogP contribution in [0.3, 0.4) is 0 Å². The Balaban J connectivity index is 2.20. The van der Waals surface area contributed by atoms with Crippen molar-refractivity contribution >= 4 is 5.69 Å². The summed E-state index contributed by atoms with van der Waals surface area (Å²) in [4.78, 5) is 4.33. The number of benzene rings is 1. The minimum atomic E-state index is 0.111. The van der Waals surface area contributed by atoms with Crippen LogP contribution < -0.4 is 10.1 Å². The molecule has 112 valence electrons. The number of pyridine rings is 1. The summed E-state index contributed by atoms with van der Waals surface area (Å²) in [6.07, 6.45) is 2.87. The maximum absolute atomic E-state index is 5.77. The summed E-state index contributed by atoms with van der Waals surface area (Å²) >= 11 is 0. The molecular weight excluding hydrogens is 260 g/mol. The Bertz CT molecular complexity index is 564. The lowest BCUT2D eigenvalue weighted by molar-refractivity contribution is 0.234. The zero-order chi connectivity index (χ0) is 15.2. The fraction of sp³-hybridized carbons (Fsp3) is 0.389. The maximum atomic E-state index is 5.77. The topological polar surface area (TPSA) is 34.2 Å². The first-order chi connectivity index (χ1) is 10.1. The van der Waals surface area contributed by atoms with Crippen molar-refractivity contribution in [1.29, 1.82) is 0 Å². The van der Waals surface area contributed by atoms with Gasteiger partial charge in [-0.2, -0.15) is 0 Å². The highest BCUT2D eigenvalue weighted by atomic mass is 16.5. The number of aromatic nitrogens is 1. The molecule has 0 aliphatic carbocycles. The van der Waals surface area contributed by atoms with E-state index in [1.165, 1.54) is 11.1 Å². The predicted molar refractivity (Wildman–Crippen MR) is 87.8 cm³/mol. The van der Waals surface area contributed by atoms with Crippen molar-refractivity contribution in [1.82, 2.24) is 4.98 Å². The second-order valence-corrected chi connectivity index (χ2v) is 5.54. The summed E-state index contributed by atoms with van der Waals surface area (Å²) in [6, 6.07) is 12.8. The maximum Gasteiger partial charge on any atom is 0.237 e. The Morgan fingerprint density at radius 2 is 1.86 bits per heavy atom. The number of rotatable bonds is 6. The summed E-state index contributed by atoms with van der Waals surface area (Å²) < 4.78 is 5.77. The third-order valence-electron chi connectivity index (χ3n) is 3.34. The predicted octanol–water partition coefficient (Wildman–Crippen LogP) is 4.74. The van der Waals surface area contributed by atoms with E-state index in [-0.39, 0.29) is 12.1 Å². The normalized spacial score (nSPS) is 12.2. The van der Waals surface area contributed by atoms with Gasteiger partial charge in [0.2, 0.25) is 5.88 Å². The molecule has 21 heavy (non-hydrogen) atoms. The van der Waals surface area contributed by atoms with Crippen molar-refractivity contribution in [3.8, 4) is 5.88 Å². The highest BCUT2D eigenvalue weighted by Gasteiger charge is 2.13. The largest absolute Gasteiger partial charge is 0.473 e. The molecule has 0 bridgehead atoms. The number of ether oxygens (including phenoxy) is 1. The summed E-state index contributed by atoms with van der Waals surface area (Å²) in [5.74, 6) is 0.665. The van der Waals surface area contributed by atoms with Crippen molar-refractivity contribution in [3.63, 3.8) is 0 Å². The number of nitrogens with zero attached hydrogens (tertiary/aromatic N) is 1. The molecule has 2 rings (SSSR count). The van der Waals surface area contributed by atoms with Gasteiger partial charge < -0.3 is 10.1 Å². The zero-order valence-corrected chi connectivity index (χ0v) is 13.3. The van der Waals surface area contributed by atoms with E-state index in [2.05, 4.69) is 48.4 Å². The highest BCUT2D eigenvalue weighted by Crippen LogP contribution is 2.28. The Morgan fingerprint density at radius 3 is 2.48 bits per heavy atom. The number of hydrogen-bond donors (Lipinski definition) is 1. The molecule has 1 heterocycles. The van der Waals surface area contributed by atoms with E-state index < -0.39 is 0 Å². The molecule has 1 aromatic carbocycles. The van der Waals surface area contributed by atoms with E-state index in [0.29, 0.717) is 5.88 Å². The molecule has 1 aromatic heterocycles. The molecule has 1 unspecified atom stereocenters. The third-order valence-corrected chi connectivity index (χ3v) is 3.34. The number of hydrogen-bond acceptors (Lipinski definition) is 3. The minimum Gasteiger partial charge on any atom is -0.473 e. The van der Waals surface area contributed by atoms with Crippen molar-refractivity contribution < 1.29 is 4.74 Å². The summed E-state index contributed by atoms with van der Waals surface area (Å²) in [5.41, 5.74) is 3.50. The van der Waals surface area contributed by atoms with Crippen LogP contribution in [0.4, 0.5) is 5.69 Å². The van der Waals surface area contributed by atoms with E-state index in [1.807, 2.05) is 26.0 Å². The van der Waals surface area contributed by atoms with Crippen LogP contribution in [0.1, 0.15) is 44.4 Å². The summed E-state index contributed by atoms with van der Waals surface area (Å²) in [6.45, 7) is 8.30. The zero-order valence-electron chi connectivity index (χ0n) is 13.3. The van der Waals surface area contributed by atoms with E-state index in [1.54, 1.807) is 6.20 Å². The first-order valence-electron chi connectivity index (χ1n) is 7.55. The van der Waals surface area contributed by atoms with Crippen LogP contribution in [0, 0.1) is 6.92 Å². The van der Waals surface area contributed by atoms with Gasteiger partial charge in [-0.05, 0) is 44.9 Å². The fourth-order valence-electron chi connectivity index (χ4n) is 2.23.